The van der Waals surface area contributed by atoms with Crippen LogP contribution in [-0.4, -0.2) is 0 Å². The van der Waals surface area contributed by atoms with Crippen molar-refractivity contribution in [2.45, 2.75) is 24.6 Å². The van der Waals surface area contributed by atoms with E-state index in [0.29, 0.717) is 0 Å². The number of terminal acetylenes is 2. The summed E-state index contributed by atoms with van der Waals surface area (Å²) >= 11 is 0. The Kier molecular flexibility index (Phi) is 5.88. The standard InChI is InChI=1S/C20H12F6O/c1-3-17(13-5-9-15(10-6-13)19(21,22)23)27-18(4-2)14-7-11-16(12-8-14)20(24,25)26/h1-2,5-12,17-18H. The van der Waals surface area contributed by atoms with E-state index in [2.05, 4.69) is 11.8 Å². The zero-order valence-electron chi connectivity index (χ0n) is 13.6. The van der Waals surface area contributed by atoms with Crippen molar-refractivity contribution < 1.29 is 31.1 Å². The molecule has 0 amide bonds. The fraction of sp³-hybridized carbons (Fsp3) is 0.200. The third-order valence-electron chi connectivity index (χ3n) is 3.66. The zero-order valence-corrected chi connectivity index (χ0v) is 13.6. The molecule has 2 aromatic rings. The van der Waals surface area contributed by atoms with Crippen molar-refractivity contribution in [2.24, 2.45) is 0 Å². The Hall–Kier alpha value is -2.90. The molecule has 0 heterocycles. The lowest BCUT2D eigenvalue weighted by molar-refractivity contribution is -0.138. The first-order valence-corrected chi connectivity index (χ1v) is 7.48. The Morgan fingerprint density at radius 2 is 0.926 bits per heavy atom. The predicted octanol–water partition coefficient (Wildman–Crippen LogP) is 5.79. The van der Waals surface area contributed by atoms with Crippen molar-refractivity contribution >= 4 is 0 Å². The van der Waals surface area contributed by atoms with Gasteiger partial charge in [-0.15, -0.1) is 12.8 Å². The SMILES string of the molecule is C#CC(OC(C#C)c1ccc(C(F)(F)F)cc1)c1ccc(C(F)(F)F)cc1. The Bertz CT molecular complexity index is 775. The molecule has 0 aliphatic heterocycles. The molecule has 0 saturated heterocycles. The smallest absolute Gasteiger partial charge is 0.340 e. The van der Waals surface area contributed by atoms with E-state index < -0.39 is 35.7 Å². The van der Waals surface area contributed by atoms with Crippen LogP contribution >= 0.6 is 0 Å². The Labute approximate surface area is 152 Å². The quantitative estimate of drug-likeness (QED) is 0.480. The third-order valence-corrected chi connectivity index (χ3v) is 3.66. The van der Waals surface area contributed by atoms with Crippen LogP contribution < -0.4 is 0 Å². The summed E-state index contributed by atoms with van der Waals surface area (Å²) in [7, 11) is 0. The van der Waals surface area contributed by atoms with Crippen LogP contribution in [0.2, 0.25) is 0 Å². The van der Waals surface area contributed by atoms with Crippen LogP contribution in [0.1, 0.15) is 34.5 Å². The van der Waals surface area contributed by atoms with Crippen LogP contribution in [0, 0.1) is 24.7 Å². The summed E-state index contributed by atoms with van der Waals surface area (Å²) < 4.78 is 81.3. The summed E-state index contributed by atoms with van der Waals surface area (Å²) in [6.45, 7) is 0. The highest BCUT2D eigenvalue weighted by atomic mass is 19.4. The first-order chi connectivity index (χ1) is 12.6. The Morgan fingerprint density at radius 3 is 1.15 bits per heavy atom. The Balaban J connectivity index is 2.21. The molecule has 2 atom stereocenters. The van der Waals surface area contributed by atoms with Crippen LogP contribution in [-0.2, 0) is 17.1 Å². The molecule has 0 spiro atoms. The minimum atomic E-state index is -4.49. The fourth-order valence-electron chi connectivity index (χ4n) is 2.26. The summed E-state index contributed by atoms with van der Waals surface area (Å²) in [4.78, 5) is 0. The molecule has 0 radical (unpaired) electrons. The van der Waals surface area contributed by atoms with Crippen LogP contribution in [0.5, 0.6) is 0 Å². The van der Waals surface area contributed by atoms with Crippen LogP contribution in [0.4, 0.5) is 26.3 Å². The van der Waals surface area contributed by atoms with Crippen LogP contribution in [0.3, 0.4) is 0 Å². The van der Waals surface area contributed by atoms with Gasteiger partial charge in [0.1, 0.15) is 12.2 Å². The van der Waals surface area contributed by atoms with Crippen molar-refractivity contribution in [1.82, 2.24) is 0 Å². The van der Waals surface area contributed by atoms with Crippen molar-refractivity contribution in [3.05, 3.63) is 70.8 Å². The zero-order chi connectivity index (χ0) is 20.2. The highest BCUT2D eigenvalue weighted by molar-refractivity contribution is 5.32. The maximum Gasteiger partial charge on any atom is 0.416 e. The van der Waals surface area contributed by atoms with Crippen molar-refractivity contribution in [2.75, 3.05) is 0 Å². The molecular weight excluding hydrogens is 370 g/mol. The maximum atomic E-state index is 12.6. The molecule has 0 N–H and O–H groups in total. The molecule has 2 rings (SSSR count). The van der Waals surface area contributed by atoms with Gasteiger partial charge in [-0.2, -0.15) is 26.3 Å². The molecule has 0 aliphatic rings. The summed E-state index contributed by atoms with van der Waals surface area (Å²) in [5.41, 5.74) is -1.17. The van der Waals surface area contributed by atoms with E-state index in [9.17, 15) is 26.3 Å². The van der Waals surface area contributed by atoms with Gasteiger partial charge in [0.25, 0.3) is 0 Å². The maximum absolute atomic E-state index is 12.6. The van der Waals surface area contributed by atoms with Crippen molar-refractivity contribution in [1.29, 1.82) is 0 Å². The molecule has 0 aliphatic carbocycles. The summed E-state index contributed by atoms with van der Waals surface area (Å²) in [6.07, 6.45) is -0.381. The fourth-order valence-corrected chi connectivity index (χ4v) is 2.26. The molecule has 1 nitrogen and oxygen atoms in total. The molecule has 27 heavy (non-hydrogen) atoms. The van der Waals surface area contributed by atoms with Gasteiger partial charge >= 0.3 is 12.4 Å². The van der Waals surface area contributed by atoms with Crippen molar-refractivity contribution in [3.63, 3.8) is 0 Å². The number of halogens is 6. The van der Waals surface area contributed by atoms with E-state index in [1.807, 2.05) is 0 Å². The molecule has 2 unspecified atom stereocenters. The minimum Gasteiger partial charge on any atom is -0.340 e. The highest BCUT2D eigenvalue weighted by Crippen LogP contribution is 2.33. The summed E-state index contributed by atoms with van der Waals surface area (Å²) in [6, 6.07) is 8.05. The van der Waals surface area contributed by atoms with E-state index in [1.165, 1.54) is 0 Å². The number of hydrogen-bond donors (Lipinski definition) is 0. The monoisotopic (exact) mass is 382 g/mol. The van der Waals surface area contributed by atoms with E-state index in [1.54, 1.807) is 0 Å². The number of benzene rings is 2. The van der Waals surface area contributed by atoms with Gasteiger partial charge in [0.15, 0.2) is 0 Å². The van der Waals surface area contributed by atoms with E-state index in [0.717, 1.165) is 48.5 Å². The predicted molar refractivity (Wildman–Crippen MR) is 87.1 cm³/mol. The normalized spacial score (nSPS) is 14.1. The molecule has 140 valence electrons. The lowest BCUT2D eigenvalue weighted by atomic mass is 10.0. The second-order valence-corrected chi connectivity index (χ2v) is 5.47. The van der Waals surface area contributed by atoms with Crippen LogP contribution in [0.15, 0.2) is 48.5 Å². The van der Waals surface area contributed by atoms with Gasteiger partial charge < -0.3 is 4.74 Å². The molecule has 0 saturated carbocycles. The van der Waals surface area contributed by atoms with E-state index in [-0.39, 0.29) is 11.1 Å². The largest absolute Gasteiger partial charge is 0.416 e. The van der Waals surface area contributed by atoms with Gasteiger partial charge in [0, 0.05) is 0 Å². The van der Waals surface area contributed by atoms with Crippen molar-refractivity contribution in [3.8, 4) is 24.7 Å². The second kappa shape index (κ2) is 7.77. The first kappa shape index (κ1) is 20.4. The summed E-state index contributed by atoms with van der Waals surface area (Å²) in [5.74, 6) is 4.54. The highest BCUT2D eigenvalue weighted by Gasteiger charge is 2.31. The molecule has 0 aromatic heterocycles. The third kappa shape index (κ3) is 5.06. The van der Waals surface area contributed by atoms with Gasteiger partial charge in [0.05, 0.1) is 11.1 Å². The average molecular weight is 382 g/mol. The number of hydrogen-bond acceptors (Lipinski definition) is 1. The molecule has 7 heteroatoms. The number of rotatable bonds is 4. The van der Waals surface area contributed by atoms with E-state index >= 15 is 0 Å². The van der Waals surface area contributed by atoms with Gasteiger partial charge in [-0.1, -0.05) is 36.1 Å². The average Bonchev–Trinajstić information content (AvgIpc) is 2.62. The van der Waals surface area contributed by atoms with E-state index in [4.69, 9.17) is 17.6 Å². The van der Waals surface area contributed by atoms with Gasteiger partial charge in [-0.05, 0) is 35.4 Å². The number of ether oxygens (including phenoxy) is 1. The van der Waals surface area contributed by atoms with Gasteiger partial charge in [-0.25, -0.2) is 0 Å². The number of alkyl halides is 6. The van der Waals surface area contributed by atoms with Gasteiger partial charge in [0.2, 0.25) is 0 Å². The molecule has 2 aromatic carbocycles. The summed E-state index contributed by atoms with van der Waals surface area (Å²) in [5, 5.41) is 0. The molecule has 0 fully saturated rings. The van der Waals surface area contributed by atoms with Crippen LogP contribution in [0.25, 0.3) is 0 Å². The molecule has 0 bridgehead atoms. The molecular formula is C20H12F6O. The topological polar surface area (TPSA) is 9.23 Å². The van der Waals surface area contributed by atoms with Gasteiger partial charge in [-0.3, -0.25) is 0 Å². The Morgan fingerprint density at radius 1 is 0.630 bits per heavy atom. The second-order valence-electron chi connectivity index (χ2n) is 5.47. The lowest BCUT2D eigenvalue weighted by Gasteiger charge is -2.19. The first-order valence-electron chi connectivity index (χ1n) is 7.48. The lowest BCUT2D eigenvalue weighted by Crippen LogP contribution is -2.10. The minimum absolute atomic E-state index is 0.262.